The molecule has 1 fully saturated rings. The van der Waals surface area contributed by atoms with E-state index in [1.165, 1.54) is 17.2 Å². The van der Waals surface area contributed by atoms with Gasteiger partial charge in [0.05, 0.1) is 12.5 Å². The van der Waals surface area contributed by atoms with Crippen LogP contribution in [-0.4, -0.2) is 35.8 Å². The summed E-state index contributed by atoms with van der Waals surface area (Å²) in [4.78, 5) is 26.5. The van der Waals surface area contributed by atoms with Gasteiger partial charge in [0.1, 0.15) is 0 Å². The van der Waals surface area contributed by atoms with Gasteiger partial charge in [-0.1, -0.05) is 56.7 Å². The third-order valence-corrected chi connectivity index (χ3v) is 4.82. The molecule has 1 aromatic carbocycles. The second-order valence-corrected chi connectivity index (χ2v) is 8.82. The van der Waals surface area contributed by atoms with Crippen molar-refractivity contribution in [2.75, 3.05) is 13.1 Å². The molecule has 1 N–H and O–H groups in total. The van der Waals surface area contributed by atoms with E-state index in [4.69, 9.17) is 0 Å². The number of carbonyl (C=O) groups is 2. The zero-order chi connectivity index (χ0) is 19.5. The zero-order valence-corrected chi connectivity index (χ0v) is 16.8. The van der Waals surface area contributed by atoms with Crippen LogP contribution in [0.1, 0.15) is 43.9 Å². The number of likely N-dealkylation sites (tertiary alicyclic amines) is 1. The first-order valence-corrected chi connectivity index (χ1v) is 9.35. The Hall–Kier alpha value is -2.10. The lowest BCUT2D eigenvalue weighted by atomic mass is 9.82. The van der Waals surface area contributed by atoms with Crippen LogP contribution >= 0.6 is 0 Å². The van der Waals surface area contributed by atoms with Gasteiger partial charge in [0.25, 0.3) is 0 Å². The normalized spacial score (nSPS) is 20.1. The summed E-state index contributed by atoms with van der Waals surface area (Å²) in [5.74, 6) is 0.226. The van der Waals surface area contributed by atoms with Crippen molar-refractivity contribution in [2.45, 2.75) is 53.5 Å². The van der Waals surface area contributed by atoms with Crippen molar-refractivity contribution >= 4 is 11.8 Å². The number of amides is 2. The van der Waals surface area contributed by atoms with Gasteiger partial charge in [-0.2, -0.15) is 0 Å². The number of benzene rings is 1. The fraction of sp³-hybridized carbons (Fsp3) is 0.545. The van der Waals surface area contributed by atoms with Crippen LogP contribution in [-0.2, 0) is 16.0 Å². The summed E-state index contributed by atoms with van der Waals surface area (Å²) in [6.45, 7) is 15.5. The molecule has 2 atom stereocenters. The first-order valence-electron chi connectivity index (χ1n) is 9.35. The summed E-state index contributed by atoms with van der Waals surface area (Å²) in [7, 11) is 0. The molecule has 1 heterocycles. The van der Waals surface area contributed by atoms with Crippen molar-refractivity contribution in [1.82, 2.24) is 10.2 Å². The third kappa shape index (κ3) is 5.72. The molecular weight excluding hydrogens is 324 g/mol. The Bertz CT molecular complexity index is 668. The molecule has 0 bridgehead atoms. The van der Waals surface area contributed by atoms with Crippen LogP contribution in [0.2, 0.25) is 0 Å². The van der Waals surface area contributed by atoms with Crippen molar-refractivity contribution in [3.63, 3.8) is 0 Å². The smallest absolute Gasteiger partial charge is 0.243 e. The standard InChI is InChI=1S/C22H32N2O2/c1-7-20(25)23-19-14-24(13-18(19)12-22(4,5)6)21(26)11-17-9-15(2)8-16(3)10-17/h7-10,18-19H,1,11-14H2,2-6H3,(H,23,25)/t18-,19-/m1/s1. The SMILES string of the molecule is C=CC(=O)N[C@@H]1CN(C(=O)Cc2cc(C)cc(C)c2)C[C@H]1CC(C)(C)C. The number of nitrogens with one attached hydrogen (secondary N) is 1. The van der Waals surface area contributed by atoms with E-state index in [1.807, 2.05) is 4.90 Å². The Morgan fingerprint density at radius 2 is 1.81 bits per heavy atom. The molecule has 0 radical (unpaired) electrons. The lowest BCUT2D eigenvalue weighted by molar-refractivity contribution is -0.129. The summed E-state index contributed by atoms with van der Waals surface area (Å²) >= 11 is 0. The molecule has 0 unspecified atom stereocenters. The third-order valence-electron chi connectivity index (χ3n) is 4.82. The van der Waals surface area contributed by atoms with Crippen molar-refractivity contribution in [1.29, 1.82) is 0 Å². The molecule has 4 heteroatoms. The average molecular weight is 357 g/mol. The second kappa shape index (κ2) is 8.07. The Balaban J connectivity index is 2.09. The summed E-state index contributed by atoms with van der Waals surface area (Å²) in [6.07, 6.45) is 2.67. The quantitative estimate of drug-likeness (QED) is 0.822. The van der Waals surface area contributed by atoms with Gasteiger partial charge in [-0.15, -0.1) is 0 Å². The molecule has 1 saturated heterocycles. The molecule has 142 valence electrons. The maximum atomic E-state index is 12.8. The van der Waals surface area contributed by atoms with Crippen LogP contribution in [0, 0.1) is 25.2 Å². The average Bonchev–Trinajstić information content (AvgIpc) is 2.86. The monoisotopic (exact) mass is 356 g/mol. The summed E-state index contributed by atoms with van der Waals surface area (Å²) in [6, 6.07) is 6.25. The topological polar surface area (TPSA) is 49.4 Å². The highest BCUT2D eigenvalue weighted by Gasteiger charge is 2.37. The molecule has 0 aromatic heterocycles. The van der Waals surface area contributed by atoms with E-state index >= 15 is 0 Å². The van der Waals surface area contributed by atoms with Crippen molar-refractivity contribution < 1.29 is 9.59 Å². The van der Waals surface area contributed by atoms with Gasteiger partial charge in [-0.3, -0.25) is 9.59 Å². The van der Waals surface area contributed by atoms with Gasteiger partial charge in [0.2, 0.25) is 11.8 Å². The highest BCUT2D eigenvalue weighted by molar-refractivity contribution is 5.87. The van der Waals surface area contributed by atoms with Crippen LogP contribution in [0.25, 0.3) is 0 Å². The fourth-order valence-corrected chi connectivity index (χ4v) is 3.93. The molecule has 1 aliphatic rings. The van der Waals surface area contributed by atoms with E-state index < -0.39 is 0 Å². The summed E-state index contributed by atoms with van der Waals surface area (Å²) in [5, 5.41) is 3.02. The van der Waals surface area contributed by atoms with E-state index in [-0.39, 0.29) is 29.2 Å². The predicted octanol–water partition coefficient (Wildman–Crippen LogP) is 3.41. The van der Waals surface area contributed by atoms with Gasteiger partial charge in [0.15, 0.2) is 0 Å². The molecule has 0 spiro atoms. The lowest BCUT2D eigenvalue weighted by Gasteiger charge is -2.26. The van der Waals surface area contributed by atoms with Crippen LogP contribution in [0.3, 0.4) is 0 Å². The lowest BCUT2D eigenvalue weighted by Crippen LogP contribution is -2.41. The number of hydrogen-bond donors (Lipinski definition) is 1. The largest absolute Gasteiger partial charge is 0.348 e. The Morgan fingerprint density at radius 3 is 2.35 bits per heavy atom. The minimum Gasteiger partial charge on any atom is -0.348 e. The van der Waals surface area contributed by atoms with E-state index in [0.717, 1.165) is 12.0 Å². The van der Waals surface area contributed by atoms with Gasteiger partial charge >= 0.3 is 0 Å². The van der Waals surface area contributed by atoms with Gasteiger partial charge in [-0.25, -0.2) is 0 Å². The molecule has 2 amide bonds. The minimum atomic E-state index is -0.169. The van der Waals surface area contributed by atoms with Crippen molar-refractivity contribution in [2.24, 2.45) is 11.3 Å². The molecule has 0 aliphatic carbocycles. The van der Waals surface area contributed by atoms with Gasteiger partial charge < -0.3 is 10.2 Å². The first kappa shape index (κ1) is 20.2. The summed E-state index contributed by atoms with van der Waals surface area (Å²) in [5.41, 5.74) is 3.56. The number of rotatable bonds is 5. The zero-order valence-electron chi connectivity index (χ0n) is 16.8. The van der Waals surface area contributed by atoms with Crippen molar-refractivity contribution in [3.05, 3.63) is 47.5 Å². The molecule has 26 heavy (non-hydrogen) atoms. The maximum Gasteiger partial charge on any atom is 0.243 e. The molecule has 0 saturated carbocycles. The minimum absolute atomic E-state index is 0.0112. The van der Waals surface area contributed by atoms with Crippen LogP contribution < -0.4 is 5.32 Å². The highest BCUT2D eigenvalue weighted by atomic mass is 16.2. The molecular formula is C22H32N2O2. The van der Waals surface area contributed by atoms with Crippen LogP contribution in [0.4, 0.5) is 0 Å². The molecule has 2 rings (SSSR count). The number of aryl methyl sites for hydroxylation is 2. The van der Waals surface area contributed by atoms with Crippen LogP contribution in [0.5, 0.6) is 0 Å². The van der Waals surface area contributed by atoms with Crippen molar-refractivity contribution in [3.8, 4) is 0 Å². The molecule has 1 aliphatic heterocycles. The Morgan fingerprint density at radius 1 is 1.19 bits per heavy atom. The molecule has 4 nitrogen and oxygen atoms in total. The van der Waals surface area contributed by atoms with E-state index in [0.29, 0.717) is 19.5 Å². The number of hydrogen-bond acceptors (Lipinski definition) is 2. The predicted molar refractivity (Wildman–Crippen MR) is 106 cm³/mol. The fourth-order valence-electron chi connectivity index (χ4n) is 3.93. The molecule has 1 aromatic rings. The van der Waals surface area contributed by atoms with E-state index in [9.17, 15) is 9.59 Å². The van der Waals surface area contributed by atoms with Gasteiger partial charge in [-0.05, 0) is 43.2 Å². The Labute approximate surface area is 157 Å². The number of nitrogens with zero attached hydrogens (tertiary/aromatic N) is 1. The van der Waals surface area contributed by atoms with E-state index in [1.54, 1.807) is 0 Å². The van der Waals surface area contributed by atoms with E-state index in [2.05, 4.69) is 64.7 Å². The maximum absolute atomic E-state index is 12.8. The highest BCUT2D eigenvalue weighted by Crippen LogP contribution is 2.31. The van der Waals surface area contributed by atoms with Crippen LogP contribution in [0.15, 0.2) is 30.9 Å². The summed E-state index contributed by atoms with van der Waals surface area (Å²) < 4.78 is 0. The van der Waals surface area contributed by atoms with Gasteiger partial charge in [0, 0.05) is 13.1 Å². The number of carbonyl (C=O) groups excluding carboxylic acids is 2. The second-order valence-electron chi connectivity index (χ2n) is 8.82. The Kier molecular flexibility index (Phi) is 6.27. The first-order chi connectivity index (χ1) is 12.1.